The summed E-state index contributed by atoms with van der Waals surface area (Å²) in [7, 11) is 1.22. The van der Waals surface area contributed by atoms with E-state index < -0.39 is 10.9 Å². The van der Waals surface area contributed by atoms with Gasteiger partial charge in [-0.15, -0.1) is 0 Å². The fourth-order valence-corrected chi connectivity index (χ4v) is 3.11. The molecule has 8 nitrogen and oxygen atoms in total. The summed E-state index contributed by atoms with van der Waals surface area (Å²) >= 11 is 0. The number of methoxy groups -OCH3 is 1. The lowest BCUT2D eigenvalue weighted by Crippen LogP contribution is -2.52. The smallest absolute Gasteiger partial charge is 0.339 e. The first-order valence-corrected chi connectivity index (χ1v) is 8.46. The maximum absolute atomic E-state index is 11.5. The van der Waals surface area contributed by atoms with E-state index in [1.807, 2.05) is 0 Å². The van der Waals surface area contributed by atoms with E-state index in [0.29, 0.717) is 12.5 Å². The molecule has 1 unspecified atom stereocenters. The lowest BCUT2D eigenvalue weighted by atomic mass is 9.93. The molecule has 138 valence electrons. The number of nitrogens with zero attached hydrogens (tertiary/aromatic N) is 3. The number of ether oxygens (including phenoxy) is 1. The number of esters is 1. The fourth-order valence-electron chi connectivity index (χ4n) is 3.11. The zero-order chi connectivity index (χ0) is 18.6. The topological polar surface area (TPSA) is 97.6 Å². The molecule has 1 fully saturated rings. The van der Waals surface area contributed by atoms with Crippen LogP contribution in [0.2, 0.25) is 0 Å². The summed E-state index contributed by atoms with van der Waals surface area (Å²) in [5, 5.41) is 14.4. The molecule has 0 aromatic carbocycles. The lowest BCUT2D eigenvalue weighted by molar-refractivity contribution is -0.384. The molecule has 0 bridgehead atoms. The van der Waals surface area contributed by atoms with Gasteiger partial charge in [0, 0.05) is 30.9 Å². The highest BCUT2D eigenvalue weighted by molar-refractivity contribution is 5.90. The molecule has 8 heteroatoms. The zero-order valence-corrected chi connectivity index (χ0v) is 15.2. The number of carbonyl (C=O) groups excluding carboxylic acids is 1. The first kappa shape index (κ1) is 19.1. The van der Waals surface area contributed by atoms with Gasteiger partial charge in [0.15, 0.2) is 0 Å². The number of likely N-dealkylation sites (tertiary alicyclic amines) is 1. The summed E-state index contributed by atoms with van der Waals surface area (Å²) in [4.78, 5) is 28.8. The van der Waals surface area contributed by atoms with Crippen LogP contribution in [-0.2, 0) is 4.74 Å². The Labute approximate surface area is 147 Å². The van der Waals surface area contributed by atoms with Crippen LogP contribution in [0.4, 0.5) is 11.5 Å². The highest BCUT2D eigenvalue weighted by Gasteiger charge is 2.31. The van der Waals surface area contributed by atoms with Crippen molar-refractivity contribution >= 4 is 17.5 Å². The van der Waals surface area contributed by atoms with E-state index in [1.54, 1.807) is 0 Å². The fraction of sp³-hybridized carbons (Fsp3) is 0.647. The van der Waals surface area contributed by atoms with Crippen molar-refractivity contribution in [1.82, 2.24) is 9.88 Å². The average Bonchev–Trinajstić information content (AvgIpc) is 2.59. The molecule has 0 aliphatic carbocycles. The molecule has 1 N–H and O–H groups in total. The molecule has 1 aliphatic rings. The van der Waals surface area contributed by atoms with Crippen molar-refractivity contribution in [2.45, 2.75) is 39.2 Å². The first-order chi connectivity index (χ1) is 11.7. The van der Waals surface area contributed by atoms with Crippen LogP contribution >= 0.6 is 0 Å². The number of nitrogens with one attached hydrogen (secondary N) is 1. The number of piperidine rings is 1. The number of nitro groups is 1. The van der Waals surface area contributed by atoms with E-state index >= 15 is 0 Å². The molecule has 1 atom stereocenters. The van der Waals surface area contributed by atoms with Crippen molar-refractivity contribution in [2.24, 2.45) is 5.92 Å². The average molecular weight is 350 g/mol. The molecule has 1 saturated heterocycles. The van der Waals surface area contributed by atoms with E-state index in [9.17, 15) is 14.9 Å². The van der Waals surface area contributed by atoms with Crippen LogP contribution in [-0.4, -0.2) is 53.1 Å². The maximum Gasteiger partial charge on any atom is 0.339 e. The molecule has 1 aliphatic heterocycles. The quantitative estimate of drug-likeness (QED) is 0.478. The predicted octanol–water partition coefficient (Wildman–Crippen LogP) is 2.70. The normalized spacial score (nSPS) is 18.6. The van der Waals surface area contributed by atoms with Gasteiger partial charge in [0.1, 0.15) is 0 Å². The number of carbonyl (C=O) groups is 1. The zero-order valence-electron chi connectivity index (χ0n) is 15.2. The first-order valence-electron chi connectivity index (χ1n) is 8.46. The molecule has 0 spiro atoms. The molecule has 25 heavy (non-hydrogen) atoms. The molecule has 1 aromatic heterocycles. The Morgan fingerprint density at radius 1 is 1.56 bits per heavy atom. The Hall–Kier alpha value is -2.22. The Morgan fingerprint density at radius 2 is 2.28 bits per heavy atom. The van der Waals surface area contributed by atoms with Gasteiger partial charge in [-0.05, 0) is 39.2 Å². The van der Waals surface area contributed by atoms with Gasteiger partial charge in [-0.3, -0.25) is 15.0 Å². The van der Waals surface area contributed by atoms with E-state index in [2.05, 4.69) is 40.7 Å². The van der Waals surface area contributed by atoms with Crippen molar-refractivity contribution in [2.75, 3.05) is 32.1 Å². The Bertz CT molecular complexity index is 648. The maximum atomic E-state index is 11.5. The molecule has 1 aromatic rings. The van der Waals surface area contributed by atoms with E-state index in [0.717, 1.165) is 19.5 Å². The van der Waals surface area contributed by atoms with Crippen molar-refractivity contribution < 1.29 is 14.5 Å². The second kappa shape index (κ2) is 7.77. The van der Waals surface area contributed by atoms with E-state index in [-0.39, 0.29) is 22.6 Å². The molecular formula is C17H26N4O4. The Morgan fingerprint density at radius 3 is 2.88 bits per heavy atom. The summed E-state index contributed by atoms with van der Waals surface area (Å²) in [6.45, 7) is 9.04. The van der Waals surface area contributed by atoms with Crippen LogP contribution in [0.15, 0.2) is 12.3 Å². The summed E-state index contributed by atoms with van der Waals surface area (Å²) < 4.78 is 4.59. The highest BCUT2D eigenvalue weighted by Crippen LogP contribution is 2.27. The Kier molecular flexibility index (Phi) is 5.94. The van der Waals surface area contributed by atoms with Crippen LogP contribution in [0, 0.1) is 16.0 Å². The van der Waals surface area contributed by atoms with Gasteiger partial charge >= 0.3 is 11.7 Å². The van der Waals surface area contributed by atoms with Gasteiger partial charge in [0.2, 0.25) is 5.82 Å². The molecule has 0 radical (unpaired) electrons. The van der Waals surface area contributed by atoms with Crippen molar-refractivity contribution in [3.8, 4) is 0 Å². The van der Waals surface area contributed by atoms with Crippen LogP contribution in [0.3, 0.4) is 0 Å². The predicted molar refractivity (Wildman–Crippen MR) is 94.8 cm³/mol. The van der Waals surface area contributed by atoms with Crippen molar-refractivity contribution in [1.29, 1.82) is 0 Å². The number of aromatic nitrogens is 1. The second-order valence-corrected chi connectivity index (χ2v) is 7.20. The van der Waals surface area contributed by atoms with Gasteiger partial charge in [-0.2, -0.15) is 0 Å². The highest BCUT2D eigenvalue weighted by atomic mass is 16.6. The lowest BCUT2D eigenvalue weighted by Gasteiger charge is -2.43. The molecule has 0 saturated carbocycles. The van der Waals surface area contributed by atoms with E-state index in [4.69, 9.17) is 0 Å². The van der Waals surface area contributed by atoms with Crippen LogP contribution < -0.4 is 5.32 Å². The minimum Gasteiger partial charge on any atom is -0.465 e. The molecule has 2 rings (SSSR count). The summed E-state index contributed by atoms with van der Waals surface area (Å²) in [5.41, 5.74) is -0.333. The third-order valence-electron chi connectivity index (χ3n) is 4.69. The van der Waals surface area contributed by atoms with Gasteiger partial charge < -0.3 is 10.1 Å². The summed E-state index contributed by atoms with van der Waals surface area (Å²) in [5.74, 6) is 0.167. The van der Waals surface area contributed by atoms with Crippen molar-refractivity contribution in [3.63, 3.8) is 0 Å². The van der Waals surface area contributed by atoms with Gasteiger partial charge in [0.05, 0.1) is 17.6 Å². The third kappa shape index (κ3) is 4.66. The van der Waals surface area contributed by atoms with Gasteiger partial charge in [0.25, 0.3) is 0 Å². The largest absolute Gasteiger partial charge is 0.465 e. The van der Waals surface area contributed by atoms with Gasteiger partial charge in [-0.1, -0.05) is 6.92 Å². The second-order valence-electron chi connectivity index (χ2n) is 7.20. The standard InChI is InChI=1S/C17H26N4O4/c1-12-6-5-7-20(10-12)17(2,3)11-19-15-14(21(23)24)8-13(9-18-15)16(22)25-4/h8-9,12H,5-7,10-11H2,1-4H3,(H,18,19). The number of rotatable bonds is 6. The summed E-state index contributed by atoms with van der Waals surface area (Å²) in [6.07, 6.45) is 3.69. The van der Waals surface area contributed by atoms with Gasteiger partial charge in [-0.25, -0.2) is 9.78 Å². The van der Waals surface area contributed by atoms with Crippen LogP contribution in [0.1, 0.15) is 44.0 Å². The molecular weight excluding hydrogens is 324 g/mol. The third-order valence-corrected chi connectivity index (χ3v) is 4.69. The van der Waals surface area contributed by atoms with Crippen molar-refractivity contribution in [3.05, 3.63) is 27.9 Å². The number of anilines is 1. The minimum atomic E-state index is -0.648. The molecule has 2 heterocycles. The minimum absolute atomic E-state index is 0.0591. The monoisotopic (exact) mass is 350 g/mol. The Balaban J connectivity index is 2.13. The van der Waals surface area contributed by atoms with Crippen LogP contribution in [0.5, 0.6) is 0 Å². The number of hydrogen-bond acceptors (Lipinski definition) is 7. The number of pyridine rings is 1. The molecule has 0 amide bonds. The number of hydrogen-bond donors (Lipinski definition) is 1. The van der Waals surface area contributed by atoms with E-state index in [1.165, 1.54) is 25.8 Å². The van der Waals surface area contributed by atoms with Crippen LogP contribution in [0.25, 0.3) is 0 Å². The summed E-state index contributed by atoms with van der Waals surface area (Å²) in [6, 6.07) is 1.19. The SMILES string of the molecule is COC(=O)c1cnc(NCC(C)(C)N2CCCC(C)C2)c([N+](=O)[O-])c1.